The van der Waals surface area contributed by atoms with E-state index in [-0.39, 0.29) is 23.5 Å². The van der Waals surface area contributed by atoms with Gasteiger partial charge in [0.05, 0.1) is 23.6 Å². The molecule has 0 N–H and O–H groups in total. The van der Waals surface area contributed by atoms with Crippen molar-refractivity contribution >= 4 is 5.91 Å². The van der Waals surface area contributed by atoms with E-state index in [2.05, 4.69) is 15.3 Å². The van der Waals surface area contributed by atoms with Crippen molar-refractivity contribution in [2.24, 2.45) is 0 Å². The Bertz CT molecular complexity index is 878. The Morgan fingerprint density at radius 1 is 1.16 bits per heavy atom. The third-order valence-corrected chi connectivity index (χ3v) is 4.35. The molecule has 1 unspecified atom stereocenters. The maximum Gasteiger partial charge on any atom is 0.276 e. The van der Waals surface area contributed by atoms with Gasteiger partial charge in [0.15, 0.2) is 5.69 Å². The maximum absolute atomic E-state index is 13.0. The minimum Gasteiger partial charge on any atom is -0.329 e. The number of hydrogen-bond acceptors (Lipinski definition) is 4. The van der Waals surface area contributed by atoms with Gasteiger partial charge < -0.3 is 4.90 Å². The van der Waals surface area contributed by atoms with E-state index in [1.54, 1.807) is 29.4 Å². The van der Waals surface area contributed by atoms with E-state index in [0.29, 0.717) is 12.2 Å². The minimum absolute atomic E-state index is 0.0373. The number of pyridine rings is 1. The number of nitrogens with zero attached hydrogens (tertiary/aromatic N) is 5. The predicted molar refractivity (Wildman–Crippen MR) is 88.6 cm³/mol. The van der Waals surface area contributed by atoms with Crippen LogP contribution in [0, 0.1) is 5.82 Å². The van der Waals surface area contributed by atoms with Crippen LogP contribution >= 0.6 is 0 Å². The van der Waals surface area contributed by atoms with Crippen LogP contribution in [0.5, 0.6) is 0 Å². The van der Waals surface area contributed by atoms with Gasteiger partial charge in [-0.25, -0.2) is 9.07 Å². The minimum atomic E-state index is -0.324. The van der Waals surface area contributed by atoms with Gasteiger partial charge in [0.2, 0.25) is 0 Å². The molecule has 0 aliphatic carbocycles. The largest absolute Gasteiger partial charge is 0.329 e. The maximum atomic E-state index is 13.0. The van der Waals surface area contributed by atoms with Crippen LogP contribution in [0.15, 0.2) is 54.9 Å². The molecular formula is C18H16FN5O. The molecule has 1 aromatic carbocycles. The molecule has 3 aromatic rings. The first kappa shape index (κ1) is 15.4. The average Bonchev–Trinajstić information content (AvgIpc) is 3.32. The van der Waals surface area contributed by atoms with E-state index in [9.17, 15) is 9.18 Å². The standard InChI is InChI=1S/C18H16FN5O/c19-13-6-8-14(9-7-13)24-12-16(21-22-24)18(25)23-11-3-5-17(23)15-4-1-2-10-20-15/h1-2,4,6-10,12,17H,3,5,11H2. The van der Waals surface area contributed by atoms with Crippen molar-refractivity contribution in [2.45, 2.75) is 18.9 Å². The lowest BCUT2D eigenvalue weighted by molar-refractivity contribution is 0.0727. The first-order valence-electron chi connectivity index (χ1n) is 8.12. The molecule has 1 saturated heterocycles. The lowest BCUT2D eigenvalue weighted by Gasteiger charge is -2.23. The highest BCUT2D eigenvalue weighted by Crippen LogP contribution is 2.31. The number of likely N-dealkylation sites (tertiary alicyclic amines) is 1. The predicted octanol–water partition coefficient (Wildman–Crippen LogP) is 2.78. The van der Waals surface area contributed by atoms with Crippen molar-refractivity contribution in [3.05, 3.63) is 72.1 Å². The summed E-state index contributed by atoms with van der Waals surface area (Å²) in [6, 6.07) is 11.5. The van der Waals surface area contributed by atoms with Gasteiger partial charge in [-0.3, -0.25) is 9.78 Å². The lowest BCUT2D eigenvalue weighted by atomic mass is 10.1. The van der Waals surface area contributed by atoms with Crippen LogP contribution in [-0.2, 0) is 0 Å². The number of carbonyl (C=O) groups is 1. The molecule has 1 aliphatic heterocycles. The molecule has 2 aromatic heterocycles. The summed E-state index contributed by atoms with van der Waals surface area (Å²) >= 11 is 0. The van der Waals surface area contributed by atoms with Gasteiger partial charge in [-0.1, -0.05) is 11.3 Å². The normalized spacial score (nSPS) is 17.0. The zero-order valence-electron chi connectivity index (χ0n) is 13.4. The summed E-state index contributed by atoms with van der Waals surface area (Å²) in [5, 5.41) is 7.98. The molecule has 126 valence electrons. The fraction of sp³-hybridized carbons (Fsp3) is 0.222. The third-order valence-electron chi connectivity index (χ3n) is 4.35. The van der Waals surface area contributed by atoms with Crippen molar-refractivity contribution in [1.29, 1.82) is 0 Å². The van der Waals surface area contributed by atoms with Crippen molar-refractivity contribution in [3.8, 4) is 5.69 Å². The Labute approximate surface area is 143 Å². The van der Waals surface area contributed by atoms with Crippen LogP contribution in [0.1, 0.15) is 35.1 Å². The fourth-order valence-corrected chi connectivity index (χ4v) is 3.12. The number of carbonyl (C=O) groups excluding carboxylic acids is 1. The van der Waals surface area contributed by atoms with E-state index in [1.807, 2.05) is 18.2 Å². The van der Waals surface area contributed by atoms with Gasteiger partial charge in [-0.15, -0.1) is 5.10 Å². The van der Waals surface area contributed by atoms with E-state index >= 15 is 0 Å². The van der Waals surface area contributed by atoms with Crippen LogP contribution < -0.4 is 0 Å². The number of halogens is 1. The molecule has 0 bridgehead atoms. The van der Waals surface area contributed by atoms with Crippen molar-refractivity contribution in [2.75, 3.05) is 6.54 Å². The molecule has 25 heavy (non-hydrogen) atoms. The molecule has 1 aliphatic rings. The molecule has 4 rings (SSSR count). The quantitative estimate of drug-likeness (QED) is 0.737. The number of hydrogen-bond donors (Lipinski definition) is 0. The van der Waals surface area contributed by atoms with Crippen LogP contribution in [0.2, 0.25) is 0 Å². The average molecular weight is 337 g/mol. The highest BCUT2D eigenvalue weighted by molar-refractivity contribution is 5.92. The van der Waals surface area contributed by atoms with Gasteiger partial charge in [0.1, 0.15) is 5.82 Å². The Balaban J connectivity index is 1.58. The van der Waals surface area contributed by atoms with E-state index in [0.717, 1.165) is 18.5 Å². The molecule has 6 nitrogen and oxygen atoms in total. The molecule has 1 atom stereocenters. The first-order valence-corrected chi connectivity index (χ1v) is 8.12. The van der Waals surface area contributed by atoms with Gasteiger partial charge in [0.25, 0.3) is 5.91 Å². The Hall–Kier alpha value is -3.09. The summed E-state index contributed by atoms with van der Waals surface area (Å²) in [4.78, 5) is 19.0. The lowest BCUT2D eigenvalue weighted by Crippen LogP contribution is -2.31. The molecule has 1 amide bonds. The second-order valence-electron chi connectivity index (χ2n) is 5.94. The molecular weight excluding hydrogens is 321 g/mol. The number of aromatic nitrogens is 4. The van der Waals surface area contributed by atoms with Gasteiger partial charge >= 0.3 is 0 Å². The van der Waals surface area contributed by atoms with Gasteiger partial charge in [-0.2, -0.15) is 0 Å². The van der Waals surface area contributed by atoms with Crippen molar-refractivity contribution in [3.63, 3.8) is 0 Å². The summed E-state index contributed by atoms with van der Waals surface area (Å²) in [5.41, 5.74) is 1.81. The Kier molecular flexibility index (Phi) is 3.97. The first-order chi connectivity index (χ1) is 12.2. The Morgan fingerprint density at radius 3 is 2.76 bits per heavy atom. The number of rotatable bonds is 3. The topological polar surface area (TPSA) is 63.9 Å². The molecule has 3 heterocycles. The monoisotopic (exact) mass is 337 g/mol. The zero-order valence-corrected chi connectivity index (χ0v) is 13.4. The summed E-state index contributed by atoms with van der Waals surface area (Å²) in [6.07, 6.45) is 5.12. The smallest absolute Gasteiger partial charge is 0.276 e. The third kappa shape index (κ3) is 3.00. The summed E-state index contributed by atoms with van der Waals surface area (Å²) in [5.74, 6) is -0.489. The van der Waals surface area contributed by atoms with Crippen molar-refractivity contribution < 1.29 is 9.18 Å². The highest BCUT2D eigenvalue weighted by atomic mass is 19.1. The van der Waals surface area contributed by atoms with Crippen molar-refractivity contribution in [1.82, 2.24) is 24.9 Å². The summed E-state index contributed by atoms with van der Waals surface area (Å²) < 4.78 is 14.5. The molecule has 7 heteroatoms. The Morgan fingerprint density at radius 2 is 2.00 bits per heavy atom. The summed E-state index contributed by atoms with van der Waals surface area (Å²) in [7, 11) is 0. The molecule has 1 fully saturated rings. The zero-order chi connectivity index (χ0) is 17.2. The molecule has 0 saturated carbocycles. The molecule has 0 radical (unpaired) electrons. The highest BCUT2D eigenvalue weighted by Gasteiger charge is 2.32. The van der Waals surface area contributed by atoms with Crippen LogP contribution in [0.25, 0.3) is 5.69 Å². The van der Waals surface area contributed by atoms with Gasteiger partial charge in [-0.05, 0) is 49.2 Å². The summed E-state index contributed by atoms with van der Waals surface area (Å²) in [6.45, 7) is 0.670. The second-order valence-corrected chi connectivity index (χ2v) is 5.94. The van der Waals surface area contributed by atoms with Crippen LogP contribution in [0.3, 0.4) is 0 Å². The fourth-order valence-electron chi connectivity index (χ4n) is 3.12. The molecule has 0 spiro atoms. The van der Waals surface area contributed by atoms with E-state index < -0.39 is 0 Å². The van der Waals surface area contributed by atoms with Gasteiger partial charge in [0, 0.05) is 12.7 Å². The number of benzene rings is 1. The van der Waals surface area contributed by atoms with Crippen LogP contribution in [-0.4, -0.2) is 37.3 Å². The SMILES string of the molecule is O=C(c1cn(-c2ccc(F)cc2)nn1)N1CCCC1c1ccccn1. The number of amides is 1. The van der Waals surface area contributed by atoms with E-state index in [1.165, 1.54) is 16.8 Å². The van der Waals surface area contributed by atoms with E-state index in [4.69, 9.17) is 0 Å². The second kappa shape index (κ2) is 6.43. The van der Waals surface area contributed by atoms with Crippen LogP contribution in [0.4, 0.5) is 4.39 Å².